The highest BCUT2D eigenvalue weighted by atomic mass is 32.1. The summed E-state index contributed by atoms with van der Waals surface area (Å²) in [6, 6.07) is 6.18. The van der Waals surface area contributed by atoms with E-state index in [4.69, 9.17) is 5.84 Å². The SMILES string of the molecule is Cc1cccc(C(NN)c2cnns2)c1C. The highest BCUT2D eigenvalue weighted by Gasteiger charge is 2.17. The Morgan fingerprint density at radius 3 is 2.81 bits per heavy atom. The minimum absolute atomic E-state index is 0.0279. The van der Waals surface area contributed by atoms with E-state index in [0.717, 1.165) is 4.88 Å². The van der Waals surface area contributed by atoms with Crippen LogP contribution in [0.2, 0.25) is 0 Å². The summed E-state index contributed by atoms with van der Waals surface area (Å²) in [5, 5.41) is 3.84. The van der Waals surface area contributed by atoms with Gasteiger partial charge in [-0.25, -0.2) is 5.43 Å². The summed E-state index contributed by atoms with van der Waals surface area (Å²) in [4.78, 5) is 1.02. The maximum atomic E-state index is 5.62. The molecule has 84 valence electrons. The molecule has 1 aromatic carbocycles. The second kappa shape index (κ2) is 4.69. The average molecular weight is 234 g/mol. The molecule has 5 heteroatoms. The third-order valence-electron chi connectivity index (χ3n) is 2.79. The van der Waals surface area contributed by atoms with Gasteiger partial charge in [0.05, 0.1) is 17.1 Å². The molecule has 1 aromatic heterocycles. The van der Waals surface area contributed by atoms with Crippen LogP contribution in [0.15, 0.2) is 24.4 Å². The smallest absolute Gasteiger partial charge is 0.0837 e. The molecule has 0 aliphatic heterocycles. The molecule has 4 nitrogen and oxygen atoms in total. The Morgan fingerprint density at radius 2 is 2.19 bits per heavy atom. The molecule has 0 aliphatic carbocycles. The van der Waals surface area contributed by atoms with E-state index in [-0.39, 0.29) is 6.04 Å². The number of hydrogen-bond acceptors (Lipinski definition) is 5. The predicted octanol–water partition coefficient (Wildman–Crippen LogP) is 1.71. The Balaban J connectivity index is 2.45. The van der Waals surface area contributed by atoms with Crippen molar-refractivity contribution in [3.05, 3.63) is 46.0 Å². The van der Waals surface area contributed by atoms with Gasteiger partial charge in [-0.3, -0.25) is 5.84 Å². The van der Waals surface area contributed by atoms with Crippen LogP contribution in [0.3, 0.4) is 0 Å². The van der Waals surface area contributed by atoms with Crippen molar-refractivity contribution >= 4 is 11.5 Å². The molecule has 0 bridgehead atoms. The number of hydrogen-bond donors (Lipinski definition) is 2. The zero-order valence-electron chi connectivity index (χ0n) is 9.27. The summed E-state index contributed by atoms with van der Waals surface area (Å²) in [6.45, 7) is 4.20. The maximum absolute atomic E-state index is 5.62. The summed E-state index contributed by atoms with van der Waals surface area (Å²) in [5.74, 6) is 5.62. The Morgan fingerprint density at radius 1 is 1.38 bits per heavy atom. The van der Waals surface area contributed by atoms with Crippen LogP contribution in [0, 0.1) is 13.8 Å². The van der Waals surface area contributed by atoms with Gasteiger partial charge >= 0.3 is 0 Å². The molecule has 2 aromatic rings. The van der Waals surface area contributed by atoms with E-state index in [0.29, 0.717) is 0 Å². The molecule has 2 rings (SSSR count). The summed E-state index contributed by atoms with van der Waals surface area (Å²) in [5.41, 5.74) is 6.50. The zero-order chi connectivity index (χ0) is 11.5. The largest absolute Gasteiger partial charge is 0.271 e. The Hall–Kier alpha value is -1.30. The first-order valence-electron chi connectivity index (χ1n) is 5.03. The Bertz CT molecular complexity index is 467. The van der Waals surface area contributed by atoms with Crippen molar-refractivity contribution < 1.29 is 0 Å². The number of aryl methyl sites for hydroxylation is 1. The molecular formula is C11H14N4S. The van der Waals surface area contributed by atoms with E-state index < -0.39 is 0 Å². The first-order chi connectivity index (χ1) is 7.74. The monoisotopic (exact) mass is 234 g/mol. The van der Waals surface area contributed by atoms with Crippen molar-refractivity contribution in [1.82, 2.24) is 15.0 Å². The van der Waals surface area contributed by atoms with E-state index in [1.807, 2.05) is 6.07 Å². The van der Waals surface area contributed by atoms with E-state index in [1.165, 1.54) is 28.2 Å². The lowest BCUT2D eigenvalue weighted by Crippen LogP contribution is -2.28. The maximum Gasteiger partial charge on any atom is 0.0837 e. The van der Waals surface area contributed by atoms with Crippen LogP contribution in [0.1, 0.15) is 27.6 Å². The number of benzene rings is 1. The third kappa shape index (κ3) is 1.97. The summed E-state index contributed by atoms with van der Waals surface area (Å²) in [6.07, 6.45) is 1.75. The number of rotatable bonds is 3. The molecule has 0 aliphatic rings. The van der Waals surface area contributed by atoms with Crippen molar-refractivity contribution in [2.45, 2.75) is 19.9 Å². The fourth-order valence-corrected chi connectivity index (χ4v) is 2.30. The lowest BCUT2D eigenvalue weighted by Gasteiger charge is -2.17. The number of aromatic nitrogens is 2. The second-order valence-electron chi connectivity index (χ2n) is 3.71. The van der Waals surface area contributed by atoms with Crippen molar-refractivity contribution in [2.24, 2.45) is 5.84 Å². The normalized spacial score (nSPS) is 12.7. The van der Waals surface area contributed by atoms with Crippen LogP contribution in [0.25, 0.3) is 0 Å². The van der Waals surface area contributed by atoms with Gasteiger partial charge in [0.2, 0.25) is 0 Å². The molecule has 1 atom stereocenters. The van der Waals surface area contributed by atoms with Gasteiger partial charge in [0.15, 0.2) is 0 Å². The Kier molecular flexibility index (Phi) is 3.28. The first-order valence-corrected chi connectivity index (χ1v) is 5.81. The fraction of sp³-hybridized carbons (Fsp3) is 0.273. The van der Waals surface area contributed by atoms with Crippen LogP contribution in [-0.4, -0.2) is 9.59 Å². The van der Waals surface area contributed by atoms with E-state index in [2.05, 4.69) is 41.0 Å². The molecule has 3 N–H and O–H groups in total. The summed E-state index contributed by atoms with van der Waals surface area (Å²) in [7, 11) is 0. The van der Waals surface area contributed by atoms with Gasteiger partial charge in [0, 0.05) is 0 Å². The minimum Gasteiger partial charge on any atom is -0.271 e. The van der Waals surface area contributed by atoms with E-state index in [9.17, 15) is 0 Å². The highest BCUT2D eigenvalue weighted by Crippen LogP contribution is 2.26. The Labute approximate surface area is 98.6 Å². The number of nitrogens with zero attached hydrogens (tertiary/aromatic N) is 2. The first kappa shape index (κ1) is 11.2. The minimum atomic E-state index is -0.0279. The van der Waals surface area contributed by atoms with Gasteiger partial charge < -0.3 is 0 Å². The van der Waals surface area contributed by atoms with Gasteiger partial charge in [-0.15, -0.1) is 5.10 Å². The molecule has 0 spiro atoms. The van der Waals surface area contributed by atoms with Gasteiger partial charge in [-0.1, -0.05) is 22.7 Å². The second-order valence-corrected chi connectivity index (χ2v) is 4.53. The van der Waals surface area contributed by atoms with Crippen LogP contribution in [-0.2, 0) is 0 Å². The lowest BCUT2D eigenvalue weighted by atomic mass is 9.97. The average Bonchev–Trinajstić information content (AvgIpc) is 2.79. The molecule has 16 heavy (non-hydrogen) atoms. The van der Waals surface area contributed by atoms with E-state index in [1.54, 1.807) is 6.20 Å². The number of nitrogens with one attached hydrogen (secondary N) is 1. The van der Waals surface area contributed by atoms with Crippen molar-refractivity contribution in [3.8, 4) is 0 Å². The van der Waals surface area contributed by atoms with Gasteiger partial charge in [0.1, 0.15) is 0 Å². The molecule has 0 saturated heterocycles. The number of hydrazine groups is 1. The zero-order valence-corrected chi connectivity index (χ0v) is 10.1. The fourth-order valence-electron chi connectivity index (χ4n) is 1.71. The topological polar surface area (TPSA) is 63.8 Å². The molecule has 0 radical (unpaired) electrons. The quantitative estimate of drug-likeness (QED) is 0.627. The van der Waals surface area contributed by atoms with Crippen molar-refractivity contribution in [3.63, 3.8) is 0 Å². The van der Waals surface area contributed by atoms with Crippen molar-refractivity contribution in [1.29, 1.82) is 0 Å². The van der Waals surface area contributed by atoms with Crippen LogP contribution < -0.4 is 11.3 Å². The van der Waals surface area contributed by atoms with Crippen LogP contribution >= 0.6 is 11.5 Å². The van der Waals surface area contributed by atoms with Gasteiger partial charge in [-0.2, -0.15) is 0 Å². The van der Waals surface area contributed by atoms with Crippen LogP contribution in [0.4, 0.5) is 0 Å². The lowest BCUT2D eigenvalue weighted by molar-refractivity contribution is 0.641. The molecular weight excluding hydrogens is 220 g/mol. The molecule has 0 fully saturated rings. The molecule has 0 saturated carbocycles. The number of nitrogens with two attached hydrogens (primary N) is 1. The summed E-state index contributed by atoms with van der Waals surface area (Å²) < 4.78 is 3.86. The van der Waals surface area contributed by atoms with Gasteiger partial charge in [-0.05, 0) is 42.1 Å². The summed E-state index contributed by atoms with van der Waals surface area (Å²) >= 11 is 1.36. The highest BCUT2D eigenvalue weighted by molar-refractivity contribution is 7.05. The standard InChI is InChI=1S/C11H14N4S/c1-7-4-3-5-9(8(7)2)11(14-12)10-6-13-15-16-10/h3-6,11,14H,12H2,1-2H3. The van der Waals surface area contributed by atoms with Crippen molar-refractivity contribution in [2.75, 3.05) is 0 Å². The predicted molar refractivity (Wildman–Crippen MR) is 65.0 cm³/mol. The molecule has 1 heterocycles. The van der Waals surface area contributed by atoms with E-state index >= 15 is 0 Å². The molecule has 0 amide bonds. The molecule has 1 unspecified atom stereocenters. The van der Waals surface area contributed by atoms with Gasteiger partial charge in [0.25, 0.3) is 0 Å². The van der Waals surface area contributed by atoms with Crippen LogP contribution in [0.5, 0.6) is 0 Å². The third-order valence-corrected chi connectivity index (χ3v) is 3.51.